The van der Waals surface area contributed by atoms with Crippen LogP contribution in [0.15, 0.2) is 60.7 Å². The first-order chi connectivity index (χ1) is 12.9. The van der Waals surface area contributed by atoms with Crippen LogP contribution in [0.5, 0.6) is 0 Å². The van der Waals surface area contributed by atoms with Gasteiger partial charge in [0.1, 0.15) is 6.61 Å². The van der Waals surface area contributed by atoms with E-state index < -0.39 is 35.7 Å². The lowest BCUT2D eigenvalue weighted by atomic mass is 9.98. The van der Waals surface area contributed by atoms with Crippen LogP contribution in [-0.2, 0) is 19.0 Å². The number of hydrogen-bond donors (Lipinski definition) is 1. The third-order valence-corrected chi connectivity index (χ3v) is 4.20. The number of carbonyl (C=O) groups is 3. The van der Waals surface area contributed by atoms with Crippen molar-refractivity contribution in [1.82, 2.24) is 0 Å². The summed E-state index contributed by atoms with van der Waals surface area (Å²) < 4.78 is 15.5. The van der Waals surface area contributed by atoms with Gasteiger partial charge in [0.15, 0.2) is 17.8 Å². The standard InChI is InChI=1S/C20H18O7/c1-20(24)16(27-18(22)14-10-6-3-7-11-14)15(26-19(20)23)12-25-17(21)13-8-4-2-5-9-13/h2-11,15-16,24H,12H2,1H3/t15?,16-,20-/m1/s1. The summed E-state index contributed by atoms with van der Waals surface area (Å²) in [6, 6.07) is 16.4. The van der Waals surface area contributed by atoms with Crippen molar-refractivity contribution in [3.05, 3.63) is 71.8 Å². The maximum Gasteiger partial charge on any atom is 0.342 e. The van der Waals surface area contributed by atoms with E-state index in [1.54, 1.807) is 60.7 Å². The molecule has 2 aromatic rings. The Morgan fingerprint density at radius 2 is 1.52 bits per heavy atom. The number of cyclic esters (lactones) is 1. The highest BCUT2D eigenvalue weighted by molar-refractivity contribution is 5.91. The Balaban J connectivity index is 1.70. The average Bonchev–Trinajstić information content (AvgIpc) is 2.90. The molecule has 0 spiro atoms. The van der Waals surface area contributed by atoms with Crippen molar-refractivity contribution in [1.29, 1.82) is 0 Å². The minimum Gasteiger partial charge on any atom is -0.458 e. The molecule has 0 aromatic heterocycles. The van der Waals surface area contributed by atoms with E-state index in [0.29, 0.717) is 5.56 Å². The van der Waals surface area contributed by atoms with E-state index in [0.717, 1.165) is 0 Å². The first kappa shape index (κ1) is 18.6. The van der Waals surface area contributed by atoms with Gasteiger partial charge >= 0.3 is 17.9 Å². The summed E-state index contributed by atoms with van der Waals surface area (Å²) in [6.07, 6.45) is -2.44. The molecule has 1 fully saturated rings. The molecule has 1 aliphatic rings. The van der Waals surface area contributed by atoms with E-state index in [4.69, 9.17) is 14.2 Å². The Bertz CT molecular complexity index is 830. The maximum absolute atomic E-state index is 12.3. The molecule has 0 aliphatic carbocycles. The largest absolute Gasteiger partial charge is 0.458 e. The number of esters is 3. The third-order valence-electron chi connectivity index (χ3n) is 4.20. The lowest BCUT2D eigenvalue weighted by Crippen LogP contribution is -2.47. The van der Waals surface area contributed by atoms with Crippen LogP contribution in [0.2, 0.25) is 0 Å². The summed E-state index contributed by atoms with van der Waals surface area (Å²) >= 11 is 0. The van der Waals surface area contributed by atoms with E-state index in [-0.39, 0.29) is 12.2 Å². The number of ether oxygens (including phenoxy) is 3. The number of carbonyl (C=O) groups excluding carboxylic acids is 3. The predicted octanol–water partition coefficient (Wildman–Crippen LogP) is 1.75. The summed E-state index contributed by atoms with van der Waals surface area (Å²) in [5.41, 5.74) is -1.46. The van der Waals surface area contributed by atoms with Gasteiger partial charge in [-0.2, -0.15) is 0 Å². The predicted molar refractivity (Wildman–Crippen MR) is 92.9 cm³/mol. The van der Waals surface area contributed by atoms with Crippen LogP contribution in [-0.4, -0.2) is 47.4 Å². The van der Waals surface area contributed by atoms with Gasteiger partial charge in [0.25, 0.3) is 0 Å². The normalized spacial score (nSPS) is 24.1. The quantitative estimate of drug-likeness (QED) is 0.632. The molecule has 7 heteroatoms. The van der Waals surface area contributed by atoms with Gasteiger partial charge in [-0.05, 0) is 31.2 Å². The minimum atomic E-state index is -2.05. The van der Waals surface area contributed by atoms with Crippen LogP contribution in [0.4, 0.5) is 0 Å². The van der Waals surface area contributed by atoms with Crippen LogP contribution in [0, 0.1) is 0 Å². The van der Waals surface area contributed by atoms with Crippen molar-refractivity contribution in [3.63, 3.8) is 0 Å². The molecule has 1 heterocycles. The minimum absolute atomic E-state index is 0.257. The molecule has 7 nitrogen and oxygen atoms in total. The van der Waals surface area contributed by atoms with Gasteiger partial charge in [0.05, 0.1) is 11.1 Å². The highest BCUT2D eigenvalue weighted by atomic mass is 16.6. The van der Waals surface area contributed by atoms with E-state index in [2.05, 4.69) is 0 Å². The van der Waals surface area contributed by atoms with Crippen LogP contribution >= 0.6 is 0 Å². The zero-order valence-electron chi connectivity index (χ0n) is 14.5. The lowest BCUT2D eigenvalue weighted by Gasteiger charge is -2.24. The fourth-order valence-electron chi connectivity index (χ4n) is 2.68. The second-order valence-corrected chi connectivity index (χ2v) is 6.25. The monoisotopic (exact) mass is 370 g/mol. The molecule has 0 radical (unpaired) electrons. The van der Waals surface area contributed by atoms with Crippen molar-refractivity contribution in [3.8, 4) is 0 Å². The number of aliphatic hydroxyl groups is 1. The van der Waals surface area contributed by atoms with Crippen LogP contribution in [0.3, 0.4) is 0 Å². The van der Waals surface area contributed by atoms with E-state index in [9.17, 15) is 19.5 Å². The van der Waals surface area contributed by atoms with E-state index >= 15 is 0 Å². The summed E-state index contributed by atoms with van der Waals surface area (Å²) in [7, 11) is 0. The van der Waals surface area contributed by atoms with Crippen molar-refractivity contribution < 1.29 is 33.7 Å². The maximum atomic E-state index is 12.3. The van der Waals surface area contributed by atoms with Gasteiger partial charge in [0.2, 0.25) is 0 Å². The molecule has 1 N–H and O–H groups in total. The molecule has 27 heavy (non-hydrogen) atoms. The van der Waals surface area contributed by atoms with Gasteiger partial charge in [-0.15, -0.1) is 0 Å². The summed E-state index contributed by atoms with van der Waals surface area (Å²) in [5.74, 6) is -2.29. The average molecular weight is 370 g/mol. The van der Waals surface area contributed by atoms with Crippen molar-refractivity contribution in [2.45, 2.75) is 24.7 Å². The second kappa shape index (κ2) is 7.59. The Morgan fingerprint density at radius 1 is 1.00 bits per heavy atom. The first-order valence-electron chi connectivity index (χ1n) is 8.31. The van der Waals surface area contributed by atoms with Gasteiger partial charge < -0.3 is 19.3 Å². The molecule has 140 valence electrons. The molecular weight excluding hydrogens is 352 g/mol. The van der Waals surface area contributed by atoms with Crippen molar-refractivity contribution in [2.75, 3.05) is 6.61 Å². The molecule has 0 saturated carbocycles. The van der Waals surface area contributed by atoms with Gasteiger partial charge in [-0.25, -0.2) is 14.4 Å². The topological polar surface area (TPSA) is 99.1 Å². The summed E-state index contributed by atoms with van der Waals surface area (Å²) in [5, 5.41) is 10.4. The Hall–Kier alpha value is -3.19. The van der Waals surface area contributed by atoms with Crippen molar-refractivity contribution >= 4 is 17.9 Å². The molecule has 0 bridgehead atoms. The Kier molecular flexibility index (Phi) is 5.23. The SMILES string of the molecule is C[C@]1(O)C(=O)OC(COC(=O)c2ccccc2)[C@H]1OC(=O)c1ccccc1. The van der Waals surface area contributed by atoms with Crippen molar-refractivity contribution in [2.24, 2.45) is 0 Å². The summed E-state index contributed by atoms with van der Waals surface area (Å²) in [4.78, 5) is 36.3. The fraction of sp³-hybridized carbons (Fsp3) is 0.250. The molecule has 1 aliphatic heterocycles. The fourth-order valence-corrected chi connectivity index (χ4v) is 2.68. The third kappa shape index (κ3) is 3.98. The van der Waals surface area contributed by atoms with Gasteiger partial charge in [0, 0.05) is 0 Å². The molecule has 3 rings (SSSR count). The highest BCUT2D eigenvalue weighted by Gasteiger charge is 2.56. The number of rotatable bonds is 5. The molecule has 0 amide bonds. The molecule has 2 aromatic carbocycles. The first-order valence-corrected chi connectivity index (χ1v) is 8.31. The molecular formula is C20H18O7. The lowest BCUT2D eigenvalue weighted by molar-refractivity contribution is -0.155. The second-order valence-electron chi connectivity index (χ2n) is 6.25. The molecule has 1 saturated heterocycles. The van der Waals surface area contributed by atoms with E-state index in [1.165, 1.54) is 6.92 Å². The number of benzene rings is 2. The van der Waals surface area contributed by atoms with Crippen LogP contribution in [0.25, 0.3) is 0 Å². The van der Waals surface area contributed by atoms with Crippen LogP contribution < -0.4 is 0 Å². The molecule has 1 unspecified atom stereocenters. The van der Waals surface area contributed by atoms with Gasteiger partial charge in [-0.1, -0.05) is 36.4 Å². The highest BCUT2D eigenvalue weighted by Crippen LogP contribution is 2.30. The smallest absolute Gasteiger partial charge is 0.342 e. The van der Waals surface area contributed by atoms with Crippen LogP contribution in [0.1, 0.15) is 27.6 Å². The zero-order valence-corrected chi connectivity index (χ0v) is 14.5. The Morgan fingerprint density at radius 3 is 2.07 bits per heavy atom. The number of hydrogen-bond acceptors (Lipinski definition) is 7. The van der Waals surface area contributed by atoms with E-state index in [1.807, 2.05) is 0 Å². The molecule has 3 atom stereocenters. The summed E-state index contributed by atoms with van der Waals surface area (Å²) in [6.45, 7) is 0.833. The Labute approximate surface area is 155 Å². The van der Waals surface area contributed by atoms with Gasteiger partial charge in [-0.3, -0.25) is 0 Å². The zero-order chi connectivity index (χ0) is 19.4.